The van der Waals surface area contributed by atoms with Gasteiger partial charge in [-0.15, -0.1) is 26.3 Å². The van der Waals surface area contributed by atoms with Gasteiger partial charge >= 0.3 is 18.8 Å². The molecule has 3 rings (SSSR count). The van der Waals surface area contributed by atoms with Gasteiger partial charge in [0.1, 0.15) is 12.3 Å². The molecular weight excluding hydrogens is 464 g/mol. The molecule has 0 atom stereocenters. The number of hydrogen-bond acceptors (Lipinski definition) is 6. The van der Waals surface area contributed by atoms with Crippen LogP contribution in [-0.4, -0.2) is 47.7 Å². The Morgan fingerprint density at radius 3 is 2.33 bits per heavy atom. The molecule has 0 radical (unpaired) electrons. The smallest absolute Gasteiger partial charge is 0.478 e. The minimum Gasteiger partial charge on any atom is -0.478 e. The lowest BCUT2D eigenvalue weighted by Gasteiger charge is -2.21. The first-order valence-electron chi connectivity index (χ1n) is 9.21. The molecule has 33 heavy (non-hydrogen) atoms. The number of carbonyl (C=O) groups excluding carboxylic acids is 2. The summed E-state index contributed by atoms with van der Waals surface area (Å²) in [5.74, 6) is -2.88. The first-order valence-corrected chi connectivity index (χ1v) is 9.21. The second-order valence-electron chi connectivity index (χ2n) is 6.53. The average molecular weight is 479 g/mol. The molecule has 1 aliphatic rings. The van der Waals surface area contributed by atoms with Crippen molar-refractivity contribution in [1.29, 1.82) is 0 Å². The minimum absolute atomic E-state index is 0.103. The first kappa shape index (κ1) is 23.9. The number of urea groups is 1. The highest BCUT2D eigenvalue weighted by atomic mass is 19.4. The molecule has 2 heterocycles. The van der Waals surface area contributed by atoms with Crippen molar-refractivity contribution in [2.45, 2.75) is 26.2 Å². The molecule has 1 saturated heterocycles. The zero-order chi connectivity index (χ0) is 24.4. The number of ether oxygens (including phenoxy) is 3. The van der Waals surface area contributed by atoms with Gasteiger partial charge in [0.25, 0.3) is 5.91 Å². The normalized spacial score (nSPS) is 14.6. The Morgan fingerprint density at radius 2 is 1.70 bits per heavy atom. The van der Waals surface area contributed by atoms with E-state index in [0.717, 1.165) is 4.90 Å². The van der Waals surface area contributed by atoms with Gasteiger partial charge in [0.2, 0.25) is 5.88 Å². The molecule has 2 aromatic rings. The third-order valence-corrected chi connectivity index (χ3v) is 4.13. The Labute approximate surface area is 182 Å². The number of carbonyl (C=O) groups is 2. The zero-order valence-corrected chi connectivity index (χ0v) is 16.7. The quantitative estimate of drug-likeness (QED) is 0.437. The second-order valence-corrected chi connectivity index (χ2v) is 6.53. The van der Waals surface area contributed by atoms with Crippen LogP contribution in [0.15, 0.2) is 36.5 Å². The first-order chi connectivity index (χ1) is 15.4. The highest BCUT2D eigenvalue weighted by molar-refractivity contribution is 6.20. The summed E-state index contributed by atoms with van der Waals surface area (Å²) in [5.41, 5.74) is -0.166. The number of rotatable bonds is 7. The van der Waals surface area contributed by atoms with Crippen molar-refractivity contribution >= 4 is 17.6 Å². The van der Waals surface area contributed by atoms with Gasteiger partial charge in [-0.3, -0.25) is 4.79 Å². The molecule has 0 N–H and O–H groups in total. The molecule has 8 nitrogen and oxygen atoms in total. The molecular formula is C19H15F6N3O5. The molecule has 0 unspecified atom stereocenters. The predicted molar refractivity (Wildman–Crippen MR) is 98.5 cm³/mol. The van der Waals surface area contributed by atoms with Crippen LogP contribution >= 0.6 is 0 Å². The molecule has 1 aromatic heterocycles. The summed E-state index contributed by atoms with van der Waals surface area (Å²) in [5, 5.41) is 0. The summed E-state index contributed by atoms with van der Waals surface area (Å²) in [6, 6.07) is 3.71. The lowest BCUT2D eigenvalue weighted by atomic mass is 10.2. The third-order valence-electron chi connectivity index (χ3n) is 4.13. The van der Waals surface area contributed by atoms with E-state index in [-0.39, 0.29) is 18.5 Å². The van der Waals surface area contributed by atoms with Gasteiger partial charge in [0, 0.05) is 24.9 Å². The van der Waals surface area contributed by atoms with Crippen LogP contribution in [0.1, 0.15) is 12.5 Å². The fraction of sp³-hybridized carbons (Fsp3) is 0.316. The average Bonchev–Trinajstić information content (AvgIpc) is 2.94. The van der Waals surface area contributed by atoms with E-state index in [4.69, 9.17) is 4.74 Å². The number of alkyl halides is 6. The largest absolute Gasteiger partial charge is 0.573 e. The Hall–Kier alpha value is -3.71. The van der Waals surface area contributed by atoms with E-state index < -0.39 is 48.4 Å². The van der Waals surface area contributed by atoms with E-state index in [1.807, 2.05) is 0 Å². The topological polar surface area (TPSA) is 81.2 Å². The van der Waals surface area contributed by atoms with Crippen LogP contribution in [0.4, 0.5) is 36.8 Å². The highest BCUT2D eigenvalue weighted by Gasteiger charge is 2.41. The lowest BCUT2D eigenvalue weighted by Crippen LogP contribution is -2.33. The number of halogens is 6. The van der Waals surface area contributed by atoms with Crippen molar-refractivity contribution in [3.05, 3.63) is 42.1 Å². The number of aromatic nitrogens is 1. The maximum absolute atomic E-state index is 12.8. The van der Waals surface area contributed by atoms with Gasteiger partial charge in [0.15, 0.2) is 5.75 Å². The summed E-state index contributed by atoms with van der Waals surface area (Å²) in [7, 11) is 0. The standard InChI is InChI=1S/C19H15F6N3O5/c1-2-31-15-7-11(5-6-26-15)9-27-10-16(29)28(17(27)30)13-4-3-12(32-18(20,21)22)8-14(13)33-19(23,24)25/h3-8H,2,9-10H2,1H3. The number of pyridine rings is 1. The van der Waals surface area contributed by atoms with Gasteiger partial charge in [0.05, 0.1) is 12.3 Å². The van der Waals surface area contributed by atoms with Crippen LogP contribution in [0.25, 0.3) is 0 Å². The summed E-state index contributed by atoms with van der Waals surface area (Å²) >= 11 is 0. The molecule has 1 fully saturated rings. The van der Waals surface area contributed by atoms with Crippen molar-refractivity contribution in [1.82, 2.24) is 9.88 Å². The number of nitrogens with zero attached hydrogens (tertiary/aromatic N) is 3. The Kier molecular flexibility index (Phi) is 6.56. The Bertz CT molecular complexity index is 1040. The van der Waals surface area contributed by atoms with Crippen LogP contribution in [0, 0.1) is 0 Å². The van der Waals surface area contributed by atoms with Crippen LogP contribution in [-0.2, 0) is 11.3 Å². The van der Waals surface area contributed by atoms with Gasteiger partial charge in [-0.2, -0.15) is 0 Å². The van der Waals surface area contributed by atoms with Crippen LogP contribution in [0.3, 0.4) is 0 Å². The summed E-state index contributed by atoms with van der Waals surface area (Å²) < 4.78 is 88.5. The number of imide groups is 1. The molecule has 0 saturated carbocycles. The molecule has 0 aliphatic carbocycles. The van der Waals surface area contributed by atoms with Crippen molar-refractivity contribution in [2.75, 3.05) is 18.1 Å². The van der Waals surface area contributed by atoms with Gasteiger partial charge in [-0.05, 0) is 30.7 Å². The summed E-state index contributed by atoms with van der Waals surface area (Å²) in [6.07, 6.45) is -9.09. The van der Waals surface area contributed by atoms with Crippen LogP contribution < -0.4 is 19.1 Å². The van der Waals surface area contributed by atoms with E-state index >= 15 is 0 Å². The maximum atomic E-state index is 12.8. The third kappa shape index (κ3) is 6.17. The molecule has 0 bridgehead atoms. The van der Waals surface area contributed by atoms with E-state index in [1.165, 1.54) is 12.3 Å². The summed E-state index contributed by atoms with van der Waals surface area (Å²) in [4.78, 5) is 30.7. The predicted octanol–water partition coefficient (Wildman–Crippen LogP) is 4.25. The molecule has 178 valence electrons. The van der Waals surface area contributed by atoms with Gasteiger partial charge in [-0.25, -0.2) is 14.7 Å². The van der Waals surface area contributed by atoms with E-state index in [0.29, 0.717) is 29.2 Å². The number of anilines is 1. The lowest BCUT2D eigenvalue weighted by molar-refractivity contribution is -0.276. The van der Waals surface area contributed by atoms with E-state index in [9.17, 15) is 35.9 Å². The fourth-order valence-corrected chi connectivity index (χ4v) is 2.99. The number of hydrogen-bond donors (Lipinski definition) is 0. The maximum Gasteiger partial charge on any atom is 0.573 e. The van der Waals surface area contributed by atoms with Crippen LogP contribution in [0.2, 0.25) is 0 Å². The van der Waals surface area contributed by atoms with E-state index in [2.05, 4.69) is 14.5 Å². The van der Waals surface area contributed by atoms with E-state index in [1.54, 1.807) is 13.0 Å². The summed E-state index contributed by atoms with van der Waals surface area (Å²) in [6.45, 7) is 1.48. The Balaban J connectivity index is 1.89. The number of amides is 3. The molecule has 1 aliphatic heterocycles. The van der Waals surface area contributed by atoms with Crippen LogP contribution in [0.5, 0.6) is 17.4 Å². The SMILES string of the molecule is CCOc1cc(CN2CC(=O)N(c3ccc(OC(F)(F)F)cc3OC(F)(F)F)C2=O)ccn1. The molecule has 3 amide bonds. The van der Waals surface area contributed by atoms with Crippen molar-refractivity contribution < 1.29 is 50.1 Å². The minimum atomic E-state index is -5.32. The monoisotopic (exact) mass is 479 g/mol. The van der Waals surface area contributed by atoms with Gasteiger partial charge < -0.3 is 19.1 Å². The number of benzene rings is 1. The van der Waals surface area contributed by atoms with Gasteiger partial charge in [-0.1, -0.05) is 0 Å². The van der Waals surface area contributed by atoms with Crippen molar-refractivity contribution in [2.24, 2.45) is 0 Å². The van der Waals surface area contributed by atoms with Crippen molar-refractivity contribution in [3.8, 4) is 17.4 Å². The zero-order valence-electron chi connectivity index (χ0n) is 16.7. The molecule has 0 spiro atoms. The van der Waals surface area contributed by atoms with Crippen molar-refractivity contribution in [3.63, 3.8) is 0 Å². The Morgan fingerprint density at radius 1 is 1.00 bits per heavy atom. The second kappa shape index (κ2) is 9.03. The highest BCUT2D eigenvalue weighted by Crippen LogP contribution is 2.39. The fourth-order valence-electron chi connectivity index (χ4n) is 2.99. The molecule has 1 aromatic carbocycles. The molecule has 14 heteroatoms.